The van der Waals surface area contributed by atoms with E-state index in [2.05, 4.69) is 36.4 Å². The van der Waals surface area contributed by atoms with Gasteiger partial charge in [0, 0.05) is 24.6 Å². The lowest BCUT2D eigenvalue weighted by molar-refractivity contribution is 0.0745. The smallest absolute Gasteiger partial charge is 0.254 e. The summed E-state index contributed by atoms with van der Waals surface area (Å²) < 4.78 is 0. The molecule has 2 heterocycles. The van der Waals surface area contributed by atoms with Crippen LogP contribution in [0, 0.1) is 0 Å². The van der Waals surface area contributed by atoms with E-state index in [0.717, 1.165) is 12.1 Å². The number of hydrogen-bond acceptors (Lipinski definition) is 1. The molecule has 1 atom stereocenters. The fourth-order valence-corrected chi connectivity index (χ4v) is 3.29. The molecule has 0 aromatic heterocycles. The van der Waals surface area contributed by atoms with Gasteiger partial charge in [0.2, 0.25) is 0 Å². The van der Waals surface area contributed by atoms with Crippen LogP contribution in [0.1, 0.15) is 27.4 Å². The molecule has 20 heavy (non-hydrogen) atoms. The number of benzene rings is 2. The summed E-state index contributed by atoms with van der Waals surface area (Å²) in [6.07, 6.45) is 2.21. The van der Waals surface area contributed by atoms with Gasteiger partial charge >= 0.3 is 0 Å². The predicted octanol–water partition coefficient (Wildman–Crippen LogP) is 3.32. The summed E-state index contributed by atoms with van der Waals surface area (Å²) in [5, 5.41) is 0. The number of amides is 1. The van der Waals surface area contributed by atoms with Crippen molar-refractivity contribution in [2.45, 2.75) is 5.92 Å². The van der Waals surface area contributed by atoms with Crippen LogP contribution in [0.2, 0.25) is 0 Å². The number of nitrogens with zero attached hydrogens (tertiary/aromatic N) is 1. The SMILES string of the molecule is O=C1c2ccccc2C2CN1CC=C2c1ccccc1. The third kappa shape index (κ3) is 1.61. The highest BCUT2D eigenvalue weighted by Gasteiger charge is 2.35. The maximum absolute atomic E-state index is 12.4. The van der Waals surface area contributed by atoms with Gasteiger partial charge in [-0.15, -0.1) is 0 Å². The minimum atomic E-state index is 0.167. The van der Waals surface area contributed by atoms with Crippen LogP contribution in [0.3, 0.4) is 0 Å². The van der Waals surface area contributed by atoms with Crippen LogP contribution in [0.25, 0.3) is 5.57 Å². The minimum absolute atomic E-state index is 0.167. The molecule has 0 spiro atoms. The number of fused-ring (bicyclic) bond motifs is 4. The number of hydrogen-bond donors (Lipinski definition) is 0. The highest BCUT2D eigenvalue weighted by Crippen LogP contribution is 2.40. The monoisotopic (exact) mass is 261 g/mol. The first-order valence-electron chi connectivity index (χ1n) is 6.98. The van der Waals surface area contributed by atoms with Crippen LogP contribution in [-0.4, -0.2) is 23.9 Å². The molecule has 4 rings (SSSR count). The second kappa shape index (κ2) is 4.34. The van der Waals surface area contributed by atoms with Crippen LogP contribution >= 0.6 is 0 Å². The average molecular weight is 261 g/mol. The van der Waals surface area contributed by atoms with Crippen LogP contribution < -0.4 is 0 Å². The third-order valence-corrected chi connectivity index (χ3v) is 4.27. The van der Waals surface area contributed by atoms with Gasteiger partial charge < -0.3 is 4.90 Å². The molecule has 0 saturated heterocycles. The van der Waals surface area contributed by atoms with Crippen LogP contribution in [0.15, 0.2) is 60.7 Å². The summed E-state index contributed by atoms with van der Waals surface area (Å²) in [6, 6.07) is 18.5. The largest absolute Gasteiger partial charge is 0.334 e. The highest BCUT2D eigenvalue weighted by atomic mass is 16.2. The molecular weight excluding hydrogens is 246 g/mol. The fourth-order valence-electron chi connectivity index (χ4n) is 3.29. The third-order valence-electron chi connectivity index (χ3n) is 4.27. The Kier molecular flexibility index (Phi) is 2.49. The fraction of sp³-hybridized carbons (Fsp3) is 0.167. The zero-order valence-electron chi connectivity index (χ0n) is 11.1. The maximum Gasteiger partial charge on any atom is 0.254 e. The minimum Gasteiger partial charge on any atom is -0.334 e. The quantitative estimate of drug-likeness (QED) is 0.771. The van der Waals surface area contributed by atoms with E-state index in [9.17, 15) is 4.79 Å². The van der Waals surface area contributed by atoms with Gasteiger partial charge in [-0.2, -0.15) is 0 Å². The standard InChI is InChI=1S/C18H15NO/c20-18-16-9-5-4-8-15(16)17-12-19(18)11-10-14(17)13-6-2-1-3-7-13/h1-10,17H,11-12H2. The lowest BCUT2D eigenvalue weighted by Crippen LogP contribution is -2.42. The first-order valence-corrected chi connectivity index (χ1v) is 6.98. The van der Waals surface area contributed by atoms with Crippen molar-refractivity contribution in [2.75, 3.05) is 13.1 Å². The van der Waals surface area contributed by atoms with Gasteiger partial charge in [-0.05, 0) is 22.8 Å². The topological polar surface area (TPSA) is 20.3 Å². The van der Waals surface area contributed by atoms with E-state index < -0.39 is 0 Å². The van der Waals surface area contributed by atoms with Crippen molar-refractivity contribution < 1.29 is 4.79 Å². The summed E-state index contributed by atoms with van der Waals surface area (Å²) in [6.45, 7) is 1.52. The number of rotatable bonds is 1. The van der Waals surface area contributed by atoms with Crippen molar-refractivity contribution in [1.82, 2.24) is 4.90 Å². The first-order chi connectivity index (χ1) is 9.84. The van der Waals surface area contributed by atoms with Crippen molar-refractivity contribution in [3.8, 4) is 0 Å². The average Bonchev–Trinajstić information content (AvgIpc) is 2.54. The summed E-state index contributed by atoms with van der Waals surface area (Å²) in [5.74, 6) is 0.472. The van der Waals surface area contributed by atoms with Gasteiger partial charge in [-0.25, -0.2) is 0 Å². The Morgan fingerprint density at radius 1 is 0.950 bits per heavy atom. The molecule has 0 radical (unpaired) electrons. The molecule has 2 aromatic rings. The van der Waals surface area contributed by atoms with E-state index in [0.29, 0.717) is 12.5 Å². The normalized spacial score (nSPS) is 20.4. The Hall–Kier alpha value is -2.35. The molecule has 1 unspecified atom stereocenters. The molecule has 0 N–H and O–H groups in total. The lowest BCUT2D eigenvalue weighted by atomic mass is 9.79. The second-order valence-electron chi connectivity index (χ2n) is 5.38. The predicted molar refractivity (Wildman–Crippen MR) is 79.5 cm³/mol. The Labute approximate surface area is 118 Å². The Morgan fingerprint density at radius 2 is 1.70 bits per heavy atom. The molecular formula is C18H15NO. The Balaban J connectivity index is 1.87. The molecule has 2 bridgehead atoms. The molecule has 2 aliphatic heterocycles. The van der Waals surface area contributed by atoms with Crippen LogP contribution in [0.4, 0.5) is 0 Å². The summed E-state index contributed by atoms with van der Waals surface area (Å²) in [5.41, 5.74) is 4.65. The molecule has 0 saturated carbocycles. The van der Waals surface area contributed by atoms with Crippen molar-refractivity contribution in [2.24, 2.45) is 0 Å². The molecule has 1 amide bonds. The zero-order valence-corrected chi connectivity index (χ0v) is 11.1. The van der Waals surface area contributed by atoms with E-state index >= 15 is 0 Å². The Morgan fingerprint density at radius 3 is 2.55 bits per heavy atom. The highest BCUT2D eigenvalue weighted by molar-refractivity contribution is 5.99. The number of carbonyl (C=O) groups excluding carboxylic acids is 1. The van der Waals surface area contributed by atoms with E-state index in [1.54, 1.807) is 0 Å². The van der Waals surface area contributed by atoms with Gasteiger partial charge in [0.25, 0.3) is 5.91 Å². The molecule has 2 aromatic carbocycles. The van der Waals surface area contributed by atoms with Crippen molar-refractivity contribution in [3.63, 3.8) is 0 Å². The van der Waals surface area contributed by atoms with E-state index in [-0.39, 0.29) is 5.91 Å². The molecule has 0 fully saturated rings. The van der Waals surface area contributed by atoms with Gasteiger partial charge in [0.1, 0.15) is 0 Å². The molecule has 2 heteroatoms. The second-order valence-corrected chi connectivity index (χ2v) is 5.38. The Bertz CT molecular complexity index is 702. The van der Waals surface area contributed by atoms with Gasteiger partial charge in [-0.1, -0.05) is 54.6 Å². The van der Waals surface area contributed by atoms with Gasteiger partial charge in [0.15, 0.2) is 0 Å². The van der Waals surface area contributed by atoms with E-state index in [1.165, 1.54) is 16.7 Å². The van der Waals surface area contributed by atoms with Gasteiger partial charge in [-0.3, -0.25) is 4.79 Å². The van der Waals surface area contributed by atoms with Crippen molar-refractivity contribution >= 4 is 11.5 Å². The van der Waals surface area contributed by atoms with Crippen LogP contribution in [-0.2, 0) is 0 Å². The number of carbonyl (C=O) groups is 1. The molecule has 2 nitrogen and oxygen atoms in total. The molecule has 2 aliphatic rings. The lowest BCUT2D eigenvalue weighted by Gasteiger charge is -2.39. The maximum atomic E-state index is 12.4. The summed E-state index contributed by atoms with van der Waals surface area (Å²) in [7, 11) is 0. The first kappa shape index (κ1) is 11.5. The van der Waals surface area contributed by atoms with E-state index in [4.69, 9.17) is 0 Å². The summed E-state index contributed by atoms with van der Waals surface area (Å²) in [4.78, 5) is 14.3. The molecule has 98 valence electrons. The van der Waals surface area contributed by atoms with Crippen molar-refractivity contribution in [1.29, 1.82) is 0 Å². The van der Waals surface area contributed by atoms with E-state index in [1.807, 2.05) is 29.2 Å². The van der Waals surface area contributed by atoms with Crippen LogP contribution in [0.5, 0.6) is 0 Å². The van der Waals surface area contributed by atoms with Gasteiger partial charge in [0.05, 0.1) is 0 Å². The van der Waals surface area contributed by atoms with Crippen molar-refractivity contribution in [3.05, 3.63) is 77.4 Å². The molecule has 0 aliphatic carbocycles. The summed E-state index contributed by atoms with van der Waals surface area (Å²) >= 11 is 0. The zero-order chi connectivity index (χ0) is 13.5.